The molecule has 0 bridgehead atoms. The summed E-state index contributed by atoms with van der Waals surface area (Å²) in [5.41, 5.74) is 1.99. The van der Waals surface area contributed by atoms with Crippen LogP contribution in [0.1, 0.15) is 56.5 Å². The molecule has 0 atom stereocenters. The highest BCUT2D eigenvalue weighted by Crippen LogP contribution is 2.22. The number of carbonyl (C=O) groups is 1. The second-order valence-corrected chi connectivity index (χ2v) is 7.59. The third-order valence-corrected chi connectivity index (χ3v) is 4.46. The summed E-state index contributed by atoms with van der Waals surface area (Å²) in [6.45, 7) is 11.0. The number of nitrogens with zero attached hydrogens (tertiary/aromatic N) is 2. The first-order valence-electron chi connectivity index (χ1n) is 9.41. The van der Waals surface area contributed by atoms with Crippen molar-refractivity contribution < 1.29 is 4.79 Å². The van der Waals surface area contributed by atoms with E-state index in [-0.39, 0.29) is 11.3 Å². The number of hydrogen-bond acceptors (Lipinski definition) is 3. The molecule has 1 N–H and O–H groups in total. The van der Waals surface area contributed by atoms with Crippen molar-refractivity contribution in [2.75, 3.05) is 19.6 Å². The molecular weight excluding hydrogens is 322 g/mol. The van der Waals surface area contributed by atoms with Crippen LogP contribution in [-0.2, 0) is 5.41 Å². The highest BCUT2D eigenvalue weighted by molar-refractivity contribution is 5.95. The Morgan fingerprint density at radius 3 is 2.42 bits per heavy atom. The summed E-state index contributed by atoms with van der Waals surface area (Å²) in [6.07, 6.45) is 10.2. The summed E-state index contributed by atoms with van der Waals surface area (Å²) in [5, 5.41) is 2.91. The summed E-state index contributed by atoms with van der Waals surface area (Å²) in [5.74, 6) is 0.890. The molecule has 0 unspecified atom stereocenters. The van der Waals surface area contributed by atoms with Gasteiger partial charge in [-0.3, -0.25) is 4.79 Å². The van der Waals surface area contributed by atoms with Gasteiger partial charge in [-0.25, -0.2) is 4.99 Å². The Kier molecular flexibility index (Phi) is 7.19. The van der Waals surface area contributed by atoms with E-state index in [1.54, 1.807) is 6.21 Å². The Morgan fingerprint density at radius 2 is 1.85 bits per heavy atom. The Labute approximate surface area is 157 Å². The minimum atomic E-state index is -0.0722. The van der Waals surface area contributed by atoms with Gasteiger partial charge in [-0.05, 0) is 49.0 Å². The molecule has 0 saturated carbocycles. The summed E-state index contributed by atoms with van der Waals surface area (Å²) in [7, 11) is 0. The number of benzene rings is 1. The SMILES string of the molecule is C/C=C\C=C(/N=CCNC(=O)c1ccc(C(C)(C)C)cc1)N1CCCC1. The first-order valence-corrected chi connectivity index (χ1v) is 9.41. The van der Waals surface area contributed by atoms with E-state index in [0.717, 1.165) is 18.9 Å². The number of aliphatic imine (C=N–C) groups is 1. The maximum absolute atomic E-state index is 12.3. The van der Waals surface area contributed by atoms with Gasteiger partial charge >= 0.3 is 0 Å². The highest BCUT2D eigenvalue weighted by Gasteiger charge is 2.14. The van der Waals surface area contributed by atoms with Gasteiger partial charge in [0.05, 0.1) is 6.54 Å². The van der Waals surface area contributed by atoms with Gasteiger partial charge in [0.2, 0.25) is 0 Å². The lowest BCUT2D eigenvalue weighted by Gasteiger charge is -2.19. The van der Waals surface area contributed by atoms with Gasteiger partial charge < -0.3 is 10.2 Å². The van der Waals surface area contributed by atoms with Crippen LogP contribution in [0.15, 0.2) is 53.3 Å². The lowest BCUT2D eigenvalue weighted by Crippen LogP contribution is -2.26. The fourth-order valence-corrected chi connectivity index (χ4v) is 2.86. The number of hydrogen-bond donors (Lipinski definition) is 1. The van der Waals surface area contributed by atoms with Crippen molar-refractivity contribution in [2.45, 2.75) is 46.0 Å². The molecule has 1 fully saturated rings. The molecule has 1 heterocycles. The summed E-state index contributed by atoms with van der Waals surface area (Å²) >= 11 is 0. The minimum absolute atomic E-state index is 0.0722. The standard InChI is InChI=1S/C22H31N3O/c1-5-6-9-20(25-16-7-8-17-25)23-14-15-24-21(26)18-10-12-19(13-11-18)22(2,3)4/h5-6,9-14H,7-8,15-17H2,1-4H3,(H,24,26)/b6-5-,20-9+,23-14?. The molecule has 1 amide bonds. The third kappa shape index (κ3) is 5.87. The van der Waals surface area contributed by atoms with Crippen LogP contribution in [0.3, 0.4) is 0 Å². The van der Waals surface area contributed by atoms with Crippen LogP contribution >= 0.6 is 0 Å². The molecule has 4 heteroatoms. The quantitative estimate of drug-likeness (QED) is 0.612. The minimum Gasteiger partial charge on any atom is -0.357 e. The predicted molar refractivity (Wildman–Crippen MR) is 110 cm³/mol. The topological polar surface area (TPSA) is 44.7 Å². The fraction of sp³-hybridized carbons (Fsp3) is 0.455. The molecule has 4 nitrogen and oxygen atoms in total. The van der Waals surface area contributed by atoms with Crippen LogP contribution in [0.5, 0.6) is 0 Å². The van der Waals surface area contributed by atoms with Gasteiger partial charge in [-0.1, -0.05) is 45.1 Å². The first-order chi connectivity index (χ1) is 12.4. The van der Waals surface area contributed by atoms with Crippen molar-refractivity contribution in [2.24, 2.45) is 4.99 Å². The molecule has 0 aliphatic carbocycles. The van der Waals surface area contributed by atoms with Crippen molar-refractivity contribution >= 4 is 12.1 Å². The Morgan fingerprint density at radius 1 is 1.19 bits per heavy atom. The largest absolute Gasteiger partial charge is 0.357 e. The first kappa shape index (κ1) is 20.0. The van der Waals surface area contributed by atoms with Crippen LogP contribution < -0.4 is 5.32 Å². The van der Waals surface area contributed by atoms with Crippen molar-refractivity contribution in [1.82, 2.24) is 10.2 Å². The van der Waals surface area contributed by atoms with E-state index < -0.39 is 0 Å². The molecule has 1 aliphatic rings. The second kappa shape index (κ2) is 9.37. The van der Waals surface area contributed by atoms with E-state index in [2.05, 4.69) is 36.0 Å². The van der Waals surface area contributed by atoms with Crippen molar-refractivity contribution in [3.8, 4) is 0 Å². The van der Waals surface area contributed by atoms with Crippen molar-refractivity contribution in [3.63, 3.8) is 0 Å². The second-order valence-electron chi connectivity index (χ2n) is 7.59. The number of allylic oxidation sites excluding steroid dienone is 3. The molecule has 140 valence electrons. The van der Waals surface area contributed by atoms with Gasteiger partial charge in [-0.2, -0.15) is 0 Å². The lowest BCUT2D eigenvalue weighted by atomic mass is 9.87. The lowest BCUT2D eigenvalue weighted by molar-refractivity contribution is 0.0959. The number of nitrogens with one attached hydrogen (secondary N) is 1. The van der Waals surface area contributed by atoms with Crippen LogP contribution in [0.25, 0.3) is 0 Å². The molecule has 0 spiro atoms. The van der Waals surface area contributed by atoms with Gasteiger partial charge in [0, 0.05) is 24.9 Å². The van der Waals surface area contributed by atoms with E-state index >= 15 is 0 Å². The Bertz CT molecular complexity index is 672. The van der Waals surface area contributed by atoms with Gasteiger partial charge in [-0.15, -0.1) is 0 Å². The van der Waals surface area contributed by atoms with Crippen LogP contribution in [-0.4, -0.2) is 36.7 Å². The monoisotopic (exact) mass is 353 g/mol. The molecule has 2 rings (SSSR count). The average Bonchev–Trinajstić information content (AvgIpc) is 3.14. The molecule has 1 aromatic rings. The number of amides is 1. The van der Waals surface area contributed by atoms with E-state index in [0.29, 0.717) is 12.1 Å². The van der Waals surface area contributed by atoms with Gasteiger partial charge in [0.1, 0.15) is 5.82 Å². The smallest absolute Gasteiger partial charge is 0.251 e. The van der Waals surface area contributed by atoms with Gasteiger partial charge in [0.15, 0.2) is 0 Å². The molecule has 1 saturated heterocycles. The van der Waals surface area contributed by atoms with Crippen LogP contribution in [0, 0.1) is 0 Å². The maximum Gasteiger partial charge on any atom is 0.251 e. The summed E-state index contributed by atoms with van der Waals surface area (Å²) < 4.78 is 0. The molecule has 1 aliphatic heterocycles. The van der Waals surface area contributed by atoms with Crippen molar-refractivity contribution in [1.29, 1.82) is 0 Å². The molecule has 26 heavy (non-hydrogen) atoms. The third-order valence-electron chi connectivity index (χ3n) is 4.46. The molecular formula is C22H31N3O. The number of carbonyl (C=O) groups excluding carboxylic acids is 1. The van der Waals surface area contributed by atoms with E-state index in [9.17, 15) is 4.79 Å². The van der Waals surface area contributed by atoms with Crippen LogP contribution in [0.2, 0.25) is 0 Å². The molecule has 1 aromatic carbocycles. The predicted octanol–water partition coefficient (Wildman–Crippen LogP) is 4.30. The zero-order valence-corrected chi connectivity index (χ0v) is 16.5. The summed E-state index contributed by atoms with van der Waals surface area (Å²) in [6, 6.07) is 7.81. The fourth-order valence-electron chi connectivity index (χ4n) is 2.86. The molecule has 0 radical (unpaired) electrons. The van der Waals surface area contributed by atoms with E-state index in [1.165, 1.54) is 18.4 Å². The van der Waals surface area contributed by atoms with Gasteiger partial charge in [0.25, 0.3) is 5.91 Å². The summed E-state index contributed by atoms with van der Waals surface area (Å²) in [4.78, 5) is 19.1. The number of likely N-dealkylation sites (tertiary alicyclic amines) is 1. The Balaban J connectivity index is 1.90. The van der Waals surface area contributed by atoms with E-state index in [4.69, 9.17) is 0 Å². The van der Waals surface area contributed by atoms with E-state index in [1.807, 2.05) is 49.4 Å². The Hall–Kier alpha value is -2.36. The van der Waals surface area contributed by atoms with Crippen molar-refractivity contribution in [3.05, 3.63) is 59.4 Å². The maximum atomic E-state index is 12.3. The number of rotatable bonds is 6. The normalized spacial score (nSPS) is 16.0. The average molecular weight is 354 g/mol. The highest BCUT2D eigenvalue weighted by atomic mass is 16.1. The molecule has 0 aromatic heterocycles. The zero-order chi connectivity index (χ0) is 19.0. The zero-order valence-electron chi connectivity index (χ0n) is 16.5. The van der Waals surface area contributed by atoms with Crippen LogP contribution in [0.4, 0.5) is 0 Å².